The maximum absolute atomic E-state index is 12.3. The molecule has 3 heteroatoms. The van der Waals surface area contributed by atoms with Gasteiger partial charge in [-0.2, -0.15) is 0 Å². The molecule has 3 nitrogen and oxygen atoms in total. The van der Waals surface area contributed by atoms with E-state index in [0.29, 0.717) is 6.61 Å². The van der Waals surface area contributed by atoms with Gasteiger partial charge in [0.2, 0.25) is 0 Å². The normalized spacial score (nSPS) is 28.8. The Hall–Kier alpha value is -0.570. The summed E-state index contributed by atoms with van der Waals surface area (Å²) < 4.78 is 5.50. The number of aliphatic hydroxyl groups excluding tert-OH is 1. The minimum Gasteiger partial charge on any atom is -0.465 e. The molecule has 2 saturated carbocycles. The summed E-state index contributed by atoms with van der Waals surface area (Å²) in [5.74, 6) is 3.00. The zero-order chi connectivity index (χ0) is 19.3. The third kappa shape index (κ3) is 8.54. The molecule has 0 aromatic carbocycles. The van der Waals surface area contributed by atoms with Crippen LogP contribution < -0.4 is 0 Å². The fourth-order valence-corrected chi connectivity index (χ4v) is 5.32. The van der Waals surface area contributed by atoms with Gasteiger partial charge in [0, 0.05) is 6.61 Å². The van der Waals surface area contributed by atoms with Gasteiger partial charge < -0.3 is 9.84 Å². The van der Waals surface area contributed by atoms with Crippen LogP contribution in [-0.4, -0.2) is 24.3 Å². The van der Waals surface area contributed by atoms with Crippen LogP contribution in [0.25, 0.3) is 0 Å². The van der Waals surface area contributed by atoms with Crippen LogP contribution in [0.4, 0.5) is 0 Å². The lowest BCUT2D eigenvalue weighted by molar-refractivity contribution is -0.150. The zero-order valence-corrected chi connectivity index (χ0v) is 17.8. The number of hydrogen-bond donors (Lipinski definition) is 1. The molecule has 2 aliphatic carbocycles. The Morgan fingerprint density at radius 1 is 0.815 bits per heavy atom. The lowest BCUT2D eigenvalue weighted by Gasteiger charge is -2.37. The molecule has 0 bridgehead atoms. The van der Waals surface area contributed by atoms with Crippen molar-refractivity contribution in [3.8, 4) is 0 Å². The molecule has 0 atom stereocenters. The topological polar surface area (TPSA) is 46.5 Å². The summed E-state index contributed by atoms with van der Waals surface area (Å²) in [5.41, 5.74) is 0. The first-order valence-corrected chi connectivity index (χ1v) is 12.0. The summed E-state index contributed by atoms with van der Waals surface area (Å²) in [6.45, 7) is 3.12. The van der Waals surface area contributed by atoms with Crippen LogP contribution in [0.15, 0.2) is 0 Å². The molecule has 0 radical (unpaired) electrons. The third-order valence-corrected chi connectivity index (χ3v) is 7.18. The average Bonchev–Trinajstić information content (AvgIpc) is 2.71. The first-order valence-electron chi connectivity index (χ1n) is 12.0. The van der Waals surface area contributed by atoms with Crippen molar-refractivity contribution in [3.05, 3.63) is 0 Å². The molecule has 0 aliphatic heterocycles. The molecule has 0 aromatic heterocycles. The van der Waals surface area contributed by atoms with E-state index in [1.165, 1.54) is 64.2 Å². The van der Waals surface area contributed by atoms with E-state index >= 15 is 0 Å². The highest BCUT2D eigenvalue weighted by Gasteiger charge is 2.33. The minimum absolute atomic E-state index is 0.0511. The summed E-state index contributed by atoms with van der Waals surface area (Å²) in [5, 5.41) is 8.77. The molecule has 2 rings (SSSR count). The first kappa shape index (κ1) is 22.7. The predicted molar refractivity (Wildman–Crippen MR) is 112 cm³/mol. The van der Waals surface area contributed by atoms with Gasteiger partial charge in [-0.25, -0.2) is 0 Å². The summed E-state index contributed by atoms with van der Waals surface area (Å²) in [7, 11) is 0. The molecular formula is C24H44O3. The lowest BCUT2D eigenvalue weighted by Crippen LogP contribution is -2.29. The number of rotatable bonds is 12. The number of esters is 1. The number of carbonyl (C=O) groups excluding carboxylic acids is 1. The SMILES string of the molecule is CCCCCC1CCC(C2CCC(C(=O)OCCCCCCO)CC2)CC1. The first-order chi connectivity index (χ1) is 13.2. The van der Waals surface area contributed by atoms with Gasteiger partial charge in [-0.05, 0) is 75.5 Å². The van der Waals surface area contributed by atoms with Gasteiger partial charge >= 0.3 is 5.97 Å². The van der Waals surface area contributed by atoms with Gasteiger partial charge in [0.1, 0.15) is 0 Å². The Bertz CT molecular complexity index is 379. The average molecular weight is 381 g/mol. The van der Waals surface area contributed by atoms with Crippen LogP contribution in [0.5, 0.6) is 0 Å². The number of aliphatic hydroxyl groups is 1. The maximum Gasteiger partial charge on any atom is 0.308 e. The third-order valence-electron chi connectivity index (χ3n) is 7.18. The molecule has 0 heterocycles. The van der Waals surface area contributed by atoms with E-state index in [2.05, 4.69) is 6.92 Å². The Labute approximate surface area is 167 Å². The molecule has 0 amide bonds. The van der Waals surface area contributed by atoms with Crippen molar-refractivity contribution >= 4 is 5.97 Å². The van der Waals surface area contributed by atoms with Gasteiger partial charge in [-0.15, -0.1) is 0 Å². The fourth-order valence-electron chi connectivity index (χ4n) is 5.32. The molecule has 2 fully saturated rings. The second-order valence-electron chi connectivity index (χ2n) is 9.19. The van der Waals surface area contributed by atoms with Crippen LogP contribution in [0.3, 0.4) is 0 Å². The summed E-state index contributed by atoms with van der Waals surface area (Å²) in [4.78, 5) is 12.3. The molecule has 2 aliphatic rings. The van der Waals surface area contributed by atoms with Gasteiger partial charge in [0.25, 0.3) is 0 Å². The Morgan fingerprint density at radius 3 is 2.07 bits per heavy atom. The van der Waals surface area contributed by atoms with E-state index in [1.807, 2.05) is 0 Å². The molecule has 0 aromatic rings. The number of ether oxygens (including phenoxy) is 1. The standard InChI is InChI=1S/C24H44O3/c1-2-3-6-9-20-10-12-21(13-11-20)22-14-16-23(17-15-22)24(26)27-19-8-5-4-7-18-25/h20-23,25H,2-19H2,1H3. The number of unbranched alkanes of at least 4 members (excludes halogenated alkanes) is 5. The zero-order valence-electron chi connectivity index (χ0n) is 17.8. The molecule has 0 unspecified atom stereocenters. The molecular weight excluding hydrogens is 336 g/mol. The monoisotopic (exact) mass is 380 g/mol. The van der Waals surface area contributed by atoms with E-state index in [9.17, 15) is 4.79 Å². The van der Waals surface area contributed by atoms with E-state index in [-0.39, 0.29) is 18.5 Å². The Balaban J connectivity index is 1.55. The van der Waals surface area contributed by atoms with E-state index in [0.717, 1.165) is 56.3 Å². The highest BCUT2D eigenvalue weighted by atomic mass is 16.5. The van der Waals surface area contributed by atoms with Crippen LogP contribution in [0.1, 0.15) is 110 Å². The number of carbonyl (C=O) groups is 1. The van der Waals surface area contributed by atoms with Crippen LogP contribution in [0.2, 0.25) is 0 Å². The van der Waals surface area contributed by atoms with Gasteiger partial charge in [-0.3, -0.25) is 4.79 Å². The smallest absolute Gasteiger partial charge is 0.308 e. The summed E-state index contributed by atoms with van der Waals surface area (Å²) in [6, 6.07) is 0. The second kappa shape index (κ2) is 13.6. The van der Waals surface area contributed by atoms with Crippen LogP contribution in [-0.2, 0) is 9.53 Å². The van der Waals surface area contributed by atoms with Crippen LogP contribution in [0, 0.1) is 23.7 Å². The lowest BCUT2D eigenvalue weighted by atomic mass is 9.68. The highest BCUT2D eigenvalue weighted by Crippen LogP contribution is 2.42. The fraction of sp³-hybridized carbons (Fsp3) is 0.958. The minimum atomic E-state index is 0.0511. The van der Waals surface area contributed by atoms with E-state index < -0.39 is 0 Å². The number of hydrogen-bond acceptors (Lipinski definition) is 3. The molecule has 27 heavy (non-hydrogen) atoms. The highest BCUT2D eigenvalue weighted by molar-refractivity contribution is 5.72. The van der Waals surface area contributed by atoms with Gasteiger partial charge in [-0.1, -0.05) is 51.9 Å². The van der Waals surface area contributed by atoms with Crippen molar-refractivity contribution in [2.24, 2.45) is 23.7 Å². The Kier molecular flexibility index (Phi) is 11.4. The Morgan fingerprint density at radius 2 is 1.44 bits per heavy atom. The van der Waals surface area contributed by atoms with Crippen molar-refractivity contribution in [2.75, 3.05) is 13.2 Å². The molecule has 0 saturated heterocycles. The van der Waals surface area contributed by atoms with Crippen LogP contribution >= 0.6 is 0 Å². The van der Waals surface area contributed by atoms with Crippen molar-refractivity contribution in [1.82, 2.24) is 0 Å². The van der Waals surface area contributed by atoms with Crippen molar-refractivity contribution < 1.29 is 14.6 Å². The molecule has 0 spiro atoms. The van der Waals surface area contributed by atoms with Crippen molar-refractivity contribution in [1.29, 1.82) is 0 Å². The molecule has 1 N–H and O–H groups in total. The van der Waals surface area contributed by atoms with Gasteiger partial charge in [0.05, 0.1) is 12.5 Å². The summed E-state index contributed by atoms with van der Waals surface area (Å²) >= 11 is 0. The maximum atomic E-state index is 12.3. The predicted octanol–water partition coefficient (Wildman–Crippen LogP) is 6.28. The quantitative estimate of drug-likeness (QED) is 0.320. The van der Waals surface area contributed by atoms with E-state index in [1.54, 1.807) is 0 Å². The molecule has 158 valence electrons. The largest absolute Gasteiger partial charge is 0.465 e. The van der Waals surface area contributed by atoms with Crippen molar-refractivity contribution in [3.63, 3.8) is 0 Å². The van der Waals surface area contributed by atoms with Gasteiger partial charge in [0.15, 0.2) is 0 Å². The second-order valence-corrected chi connectivity index (χ2v) is 9.19. The van der Waals surface area contributed by atoms with Crippen molar-refractivity contribution in [2.45, 2.75) is 110 Å². The van der Waals surface area contributed by atoms with E-state index in [4.69, 9.17) is 9.84 Å². The summed E-state index contributed by atoms with van der Waals surface area (Å²) in [6.07, 6.45) is 19.8.